The average Bonchev–Trinajstić information content (AvgIpc) is 3.22. The molecule has 0 atom stereocenters. The highest BCUT2D eigenvalue weighted by molar-refractivity contribution is 5.94. The molecule has 1 saturated heterocycles. The summed E-state index contributed by atoms with van der Waals surface area (Å²) < 4.78 is 60.7. The number of aryl methyl sites for hydroxylation is 1. The first-order valence-corrected chi connectivity index (χ1v) is 10.4. The van der Waals surface area contributed by atoms with E-state index in [4.69, 9.17) is 4.74 Å². The van der Waals surface area contributed by atoms with Gasteiger partial charge in [0.1, 0.15) is 6.61 Å². The van der Waals surface area contributed by atoms with Gasteiger partial charge in [-0.05, 0) is 17.7 Å². The molecule has 0 bridgehead atoms. The number of hydrogen-bond donors (Lipinski definition) is 0. The molecule has 1 aliphatic rings. The topological polar surface area (TPSA) is 50.6 Å². The van der Waals surface area contributed by atoms with E-state index in [9.17, 15) is 22.4 Å². The Kier molecular flexibility index (Phi) is 6.64. The number of carbonyl (C=O) groups excluding carboxylic acids is 1. The summed E-state index contributed by atoms with van der Waals surface area (Å²) >= 11 is 0. The fourth-order valence-corrected chi connectivity index (χ4v) is 3.68. The lowest BCUT2D eigenvalue weighted by molar-refractivity contribution is 0.0628. The summed E-state index contributed by atoms with van der Waals surface area (Å²) in [6.45, 7) is 3.13. The van der Waals surface area contributed by atoms with Crippen molar-refractivity contribution in [1.82, 2.24) is 19.6 Å². The first-order chi connectivity index (χ1) is 15.8. The molecule has 10 heteroatoms. The van der Waals surface area contributed by atoms with Gasteiger partial charge in [-0.1, -0.05) is 12.1 Å². The molecular weight excluding hydrogens is 440 g/mol. The lowest BCUT2D eigenvalue weighted by atomic mass is 10.1. The van der Waals surface area contributed by atoms with Crippen molar-refractivity contribution in [2.45, 2.75) is 13.2 Å². The number of rotatable bonds is 6. The number of amides is 1. The monoisotopic (exact) mass is 462 g/mol. The summed E-state index contributed by atoms with van der Waals surface area (Å²) in [6.07, 6.45) is 3.80. The van der Waals surface area contributed by atoms with Crippen LogP contribution >= 0.6 is 0 Å². The highest BCUT2D eigenvalue weighted by atomic mass is 19.2. The molecule has 4 rings (SSSR count). The van der Waals surface area contributed by atoms with E-state index in [0.717, 1.165) is 25.2 Å². The van der Waals surface area contributed by atoms with Gasteiger partial charge in [0.25, 0.3) is 5.91 Å². The minimum absolute atomic E-state index is 0.118. The maximum Gasteiger partial charge on any atom is 0.253 e. The summed E-state index contributed by atoms with van der Waals surface area (Å²) in [6, 6.07) is 6.43. The fourth-order valence-electron chi connectivity index (χ4n) is 3.68. The van der Waals surface area contributed by atoms with Crippen molar-refractivity contribution in [2.75, 3.05) is 26.2 Å². The molecule has 3 aromatic rings. The molecule has 2 aromatic carbocycles. The van der Waals surface area contributed by atoms with Gasteiger partial charge in [0.05, 0.1) is 6.20 Å². The molecule has 2 heterocycles. The summed E-state index contributed by atoms with van der Waals surface area (Å²) in [7, 11) is 1.87. The third kappa shape index (κ3) is 5.16. The number of aromatic nitrogens is 2. The largest absolute Gasteiger partial charge is 0.483 e. The minimum Gasteiger partial charge on any atom is -0.483 e. The zero-order valence-corrected chi connectivity index (χ0v) is 17.9. The molecule has 174 valence electrons. The van der Waals surface area contributed by atoms with E-state index in [1.807, 2.05) is 19.4 Å². The Hall–Kier alpha value is -3.40. The predicted octanol–water partition coefficient (Wildman–Crippen LogP) is 3.51. The molecule has 1 aliphatic heterocycles. The molecule has 0 aliphatic carbocycles. The molecule has 1 amide bonds. The van der Waals surface area contributed by atoms with Gasteiger partial charge in [-0.2, -0.15) is 13.9 Å². The van der Waals surface area contributed by atoms with Crippen molar-refractivity contribution >= 4 is 5.91 Å². The van der Waals surface area contributed by atoms with Gasteiger partial charge in [0.15, 0.2) is 17.4 Å². The summed E-state index contributed by atoms with van der Waals surface area (Å²) in [4.78, 5) is 16.8. The maximum atomic E-state index is 13.7. The fraction of sp³-hybridized carbons (Fsp3) is 0.304. The standard InChI is InChI=1S/C23H22F4N4O2/c1-29-12-16(11-28-29)13-30-6-8-31(9-7-30)23(32)17-4-2-15(3-5-17)14-33-22-20(26)18(24)10-19(25)21(22)27/h2-5,10-12H,6-9,13-14H2,1H3. The first-order valence-electron chi connectivity index (χ1n) is 10.4. The molecule has 6 nitrogen and oxygen atoms in total. The van der Waals surface area contributed by atoms with Crippen LogP contribution in [0.3, 0.4) is 0 Å². The minimum atomic E-state index is -1.59. The van der Waals surface area contributed by atoms with E-state index in [1.165, 1.54) is 0 Å². The van der Waals surface area contributed by atoms with Crippen LogP contribution in [0.5, 0.6) is 5.75 Å². The zero-order chi connectivity index (χ0) is 23.5. The number of ether oxygens (including phenoxy) is 1. The third-order valence-corrected chi connectivity index (χ3v) is 5.48. The molecule has 33 heavy (non-hydrogen) atoms. The molecule has 0 N–H and O–H groups in total. The zero-order valence-electron chi connectivity index (χ0n) is 17.9. The second-order valence-electron chi connectivity index (χ2n) is 7.87. The van der Waals surface area contributed by atoms with Crippen LogP contribution in [0.1, 0.15) is 21.5 Å². The lowest BCUT2D eigenvalue weighted by Crippen LogP contribution is -2.48. The van der Waals surface area contributed by atoms with Gasteiger partial charge in [-0.25, -0.2) is 8.78 Å². The van der Waals surface area contributed by atoms with Gasteiger partial charge in [0.2, 0.25) is 11.6 Å². The normalized spacial score (nSPS) is 14.5. The average molecular weight is 462 g/mol. The Balaban J connectivity index is 1.32. The summed E-state index contributed by atoms with van der Waals surface area (Å²) in [5.74, 6) is -7.49. The second kappa shape index (κ2) is 9.62. The molecule has 0 unspecified atom stereocenters. The molecular formula is C23H22F4N4O2. The Labute approximate surface area is 188 Å². The van der Waals surface area contributed by atoms with Crippen molar-refractivity contribution in [1.29, 1.82) is 0 Å². The van der Waals surface area contributed by atoms with Crippen LogP contribution in [0.15, 0.2) is 42.7 Å². The van der Waals surface area contributed by atoms with Gasteiger partial charge in [-0.3, -0.25) is 14.4 Å². The molecule has 0 radical (unpaired) electrons. The Morgan fingerprint density at radius 3 is 2.18 bits per heavy atom. The number of hydrogen-bond acceptors (Lipinski definition) is 4. The van der Waals surface area contributed by atoms with E-state index in [-0.39, 0.29) is 18.6 Å². The lowest BCUT2D eigenvalue weighted by Gasteiger charge is -2.34. The Morgan fingerprint density at radius 1 is 0.970 bits per heavy atom. The van der Waals surface area contributed by atoms with E-state index in [2.05, 4.69) is 10.00 Å². The first kappa shape index (κ1) is 22.8. The quantitative estimate of drug-likeness (QED) is 0.416. The number of halogens is 4. The van der Waals surface area contributed by atoms with Gasteiger partial charge >= 0.3 is 0 Å². The summed E-state index contributed by atoms with van der Waals surface area (Å²) in [5, 5.41) is 4.16. The molecule has 0 saturated carbocycles. The molecule has 0 spiro atoms. The number of benzene rings is 2. The maximum absolute atomic E-state index is 13.7. The van der Waals surface area contributed by atoms with Crippen LogP contribution in [0, 0.1) is 23.3 Å². The smallest absolute Gasteiger partial charge is 0.253 e. The van der Waals surface area contributed by atoms with E-state index in [1.54, 1.807) is 33.8 Å². The van der Waals surface area contributed by atoms with Crippen LogP contribution in [-0.4, -0.2) is 51.7 Å². The highest BCUT2D eigenvalue weighted by Crippen LogP contribution is 2.27. The van der Waals surface area contributed by atoms with E-state index in [0.29, 0.717) is 24.2 Å². The van der Waals surface area contributed by atoms with Gasteiger partial charge < -0.3 is 9.64 Å². The van der Waals surface area contributed by atoms with E-state index >= 15 is 0 Å². The van der Waals surface area contributed by atoms with E-state index < -0.39 is 29.0 Å². The Morgan fingerprint density at radius 2 is 1.61 bits per heavy atom. The summed E-state index contributed by atoms with van der Waals surface area (Å²) in [5.41, 5.74) is 2.07. The Bertz CT molecular complexity index is 1120. The third-order valence-electron chi connectivity index (χ3n) is 5.48. The number of piperazine rings is 1. The number of carbonyl (C=O) groups is 1. The molecule has 1 aromatic heterocycles. The van der Waals surface area contributed by atoms with Crippen molar-refractivity contribution in [2.24, 2.45) is 7.05 Å². The predicted molar refractivity (Wildman–Crippen MR) is 111 cm³/mol. The van der Waals surface area contributed by atoms with Crippen molar-refractivity contribution in [3.8, 4) is 5.75 Å². The van der Waals surface area contributed by atoms with Crippen LogP contribution in [0.2, 0.25) is 0 Å². The van der Waals surface area contributed by atoms with Crippen LogP contribution < -0.4 is 4.74 Å². The van der Waals surface area contributed by atoms with Gasteiger partial charge in [0, 0.05) is 63.2 Å². The van der Waals surface area contributed by atoms with Gasteiger partial charge in [-0.15, -0.1) is 0 Å². The SMILES string of the molecule is Cn1cc(CN2CCN(C(=O)c3ccc(COc4c(F)c(F)cc(F)c4F)cc3)CC2)cn1. The molecule has 1 fully saturated rings. The second-order valence-corrected chi connectivity index (χ2v) is 7.87. The van der Waals surface area contributed by atoms with Crippen LogP contribution in [0.25, 0.3) is 0 Å². The van der Waals surface area contributed by atoms with Crippen molar-refractivity contribution < 1.29 is 27.1 Å². The van der Waals surface area contributed by atoms with Crippen LogP contribution in [0.4, 0.5) is 17.6 Å². The van der Waals surface area contributed by atoms with Crippen molar-refractivity contribution in [3.05, 3.63) is 82.7 Å². The van der Waals surface area contributed by atoms with Crippen LogP contribution in [-0.2, 0) is 20.2 Å². The number of nitrogens with zero attached hydrogens (tertiary/aromatic N) is 4. The van der Waals surface area contributed by atoms with Crippen molar-refractivity contribution in [3.63, 3.8) is 0 Å². The highest BCUT2D eigenvalue weighted by Gasteiger charge is 2.23.